The smallest absolute Gasteiger partial charge is 0.234 e. The van der Waals surface area contributed by atoms with Crippen molar-refractivity contribution < 1.29 is 9.59 Å². The largest absolute Gasteiger partial charge is 0.351 e. The lowest BCUT2D eigenvalue weighted by molar-refractivity contribution is -0.128. The minimum atomic E-state index is 0. The molecule has 1 aromatic rings. The van der Waals surface area contributed by atoms with Gasteiger partial charge in [0.1, 0.15) is 0 Å². The average molecular weight is 352 g/mol. The predicted octanol–water partition coefficient (Wildman–Crippen LogP) is 1.85. The number of likely N-dealkylation sites (tertiary alicyclic amines) is 1. The van der Waals surface area contributed by atoms with Gasteiger partial charge in [0, 0.05) is 26.1 Å². The first-order valence-corrected chi connectivity index (χ1v) is 8.54. The monoisotopic (exact) mass is 351 g/mol. The number of nitrogens with one attached hydrogen (secondary N) is 2. The van der Waals surface area contributed by atoms with E-state index in [0.717, 1.165) is 36.6 Å². The quantitative estimate of drug-likeness (QED) is 0.751. The number of hydrogen-bond donors (Lipinski definition) is 2. The van der Waals surface area contributed by atoms with Crippen LogP contribution in [0.25, 0.3) is 0 Å². The Balaban J connectivity index is 0.00000208. The van der Waals surface area contributed by atoms with E-state index in [9.17, 15) is 9.59 Å². The molecular weight excluding hydrogens is 326 g/mol. The van der Waals surface area contributed by atoms with Gasteiger partial charge in [0.05, 0.1) is 6.54 Å². The highest BCUT2D eigenvalue weighted by molar-refractivity contribution is 5.85. The standard InChI is InChI=1S/C18H25N3O2.ClH/c22-17(12-19-10-14-6-7-14)20-11-15-3-1-4-16(9-15)13-21-8-2-5-18(21)23;/h1,3-4,9,14,19H,2,5-8,10-13H2,(H,20,22);1H. The van der Waals surface area contributed by atoms with Crippen molar-refractivity contribution in [3.05, 3.63) is 35.4 Å². The fraction of sp³-hybridized carbons (Fsp3) is 0.556. The van der Waals surface area contributed by atoms with Crippen LogP contribution in [0.4, 0.5) is 0 Å². The number of hydrogen-bond acceptors (Lipinski definition) is 3. The van der Waals surface area contributed by atoms with Crippen LogP contribution in [0.15, 0.2) is 24.3 Å². The second-order valence-corrected chi connectivity index (χ2v) is 6.59. The highest BCUT2D eigenvalue weighted by Gasteiger charge is 2.21. The van der Waals surface area contributed by atoms with Crippen molar-refractivity contribution >= 4 is 24.2 Å². The number of benzene rings is 1. The van der Waals surface area contributed by atoms with E-state index in [-0.39, 0.29) is 24.2 Å². The van der Waals surface area contributed by atoms with Crippen LogP contribution in [0.3, 0.4) is 0 Å². The Bertz CT molecular complexity index is 575. The lowest BCUT2D eigenvalue weighted by Crippen LogP contribution is -2.34. The third-order valence-electron chi connectivity index (χ3n) is 4.44. The minimum Gasteiger partial charge on any atom is -0.351 e. The van der Waals surface area contributed by atoms with Gasteiger partial charge in [-0.05, 0) is 42.9 Å². The first kappa shape index (κ1) is 18.7. The molecule has 0 spiro atoms. The first-order chi connectivity index (χ1) is 11.2. The van der Waals surface area contributed by atoms with Crippen LogP contribution >= 0.6 is 12.4 Å². The van der Waals surface area contributed by atoms with E-state index in [1.165, 1.54) is 12.8 Å². The Hall–Kier alpha value is -1.59. The Morgan fingerprint density at radius 1 is 1.25 bits per heavy atom. The van der Waals surface area contributed by atoms with Crippen molar-refractivity contribution in [3.8, 4) is 0 Å². The highest BCUT2D eigenvalue weighted by Crippen LogP contribution is 2.27. The van der Waals surface area contributed by atoms with Crippen molar-refractivity contribution in [1.29, 1.82) is 0 Å². The fourth-order valence-electron chi connectivity index (χ4n) is 2.90. The van der Waals surface area contributed by atoms with Gasteiger partial charge < -0.3 is 15.5 Å². The van der Waals surface area contributed by atoms with Crippen molar-refractivity contribution in [1.82, 2.24) is 15.5 Å². The SMILES string of the molecule is Cl.O=C(CNCC1CC1)NCc1cccc(CN2CCCC2=O)c1. The maximum absolute atomic E-state index is 11.8. The molecule has 1 saturated heterocycles. The van der Waals surface area contributed by atoms with Gasteiger partial charge in [0.25, 0.3) is 0 Å². The third-order valence-corrected chi connectivity index (χ3v) is 4.44. The molecule has 2 amide bonds. The Labute approximate surface area is 149 Å². The first-order valence-electron chi connectivity index (χ1n) is 8.54. The Morgan fingerprint density at radius 2 is 2.04 bits per heavy atom. The maximum atomic E-state index is 11.8. The molecule has 24 heavy (non-hydrogen) atoms. The van der Waals surface area contributed by atoms with Crippen LogP contribution < -0.4 is 10.6 Å². The number of carbonyl (C=O) groups is 2. The van der Waals surface area contributed by atoms with Gasteiger partial charge in [0.15, 0.2) is 0 Å². The molecule has 0 aromatic heterocycles. The summed E-state index contributed by atoms with van der Waals surface area (Å²) in [7, 11) is 0. The number of amides is 2. The second-order valence-electron chi connectivity index (χ2n) is 6.59. The molecule has 2 aliphatic rings. The van der Waals surface area contributed by atoms with E-state index in [1.807, 2.05) is 23.1 Å². The summed E-state index contributed by atoms with van der Waals surface area (Å²) < 4.78 is 0. The summed E-state index contributed by atoms with van der Waals surface area (Å²) in [4.78, 5) is 25.4. The van der Waals surface area contributed by atoms with Gasteiger partial charge in [-0.1, -0.05) is 24.3 Å². The van der Waals surface area contributed by atoms with Crippen LogP contribution in [0.1, 0.15) is 36.8 Å². The molecule has 1 saturated carbocycles. The fourth-order valence-corrected chi connectivity index (χ4v) is 2.90. The van der Waals surface area contributed by atoms with Crippen LogP contribution in [0.2, 0.25) is 0 Å². The van der Waals surface area contributed by atoms with Crippen molar-refractivity contribution in [2.45, 2.75) is 38.8 Å². The van der Waals surface area contributed by atoms with Crippen molar-refractivity contribution in [2.75, 3.05) is 19.6 Å². The molecule has 1 heterocycles. The van der Waals surface area contributed by atoms with Crippen molar-refractivity contribution in [3.63, 3.8) is 0 Å². The summed E-state index contributed by atoms with van der Waals surface area (Å²) in [5.74, 6) is 1.06. The number of rotatable bonds is 8. The second kappa shape index (κ2) is 9.04. The molecule has 6 heteroatoms. The Kier molecular flexibility index (Phi) is 7.06. The van der Waals surface area contributed by atoms with Gasteiger partial charge in [0.2, 0.25) is 11.8 Å². The molecular formula is C18H26ClN3O2. The minimum absolute atomic E-state index is 0. The van der Waals surface area contributed by atoms with Crippen LogP contribution in [-0.4, -0.2) is 36.3 Å². The molecule has 0 atom stereocenters. The molecule has 0 radical (unpaired) electrons. The van der Waals surface area contributed by atoms with E-state index in [4.69, 9.17) is 0 Å². The molecule has 1 aromatic carbocycles. The van der Waals surface area contributed by atoms with E-state index < -0.39 is 0 Å². The van der Waals surface area contributed by atoms with Gasteiger partial charge in [-0.15, -0.1) is 12.4 Å². The van der Waals surface area contributed by atoms with Crippen LogP contribution in [0, 0.1) is 5.92 Å². The van der Waals surface area contributed by atoms with Gasteiger partial charge >= 0.3 is 0 Å². The maximum Gasteiger partial charge on any atom is 0.234 e. The van der Waals surface area contributed by atoms with Gasteiger partial charge in [-0.25, -0.2) is 0 Å². The summed E-state index contributed by atoms with van der Waals surface area (Å²) in [5, 5.41) is 6.13. The lowest BCUT2D eigenvalue weighted by atomic mass is 10.1. The summed E-state index contributed by atoms with van der Waals surface area (Å²) in [6.07, 6.45) is 4.22. The topological polar surface area (TPSA) is 61.4 Å². The average Bonchev–Trinajstić information content (AvgIpc) is 3.29. The summed E-state index contributed by atoms with van der Waals surface area (Å²) >= 11 is 0. The predicted molar refractivity (Wildman–Crippen MR) is 95.8 cm³/mol. The molecule has 1 aliphatic heterocycles. The molecule has 3 rings (SSSR count). The van der Waals surface area contributed by atoms with Gasteiger partial charge in [-0.2, -0.15) is 0 Å². The normalized spacial score (nSPS) is 16.8. The Morgan fingerprint density at radius 3 is 2.75 bits per heavy atom. The zero-order valence-electron chi connectivity index (χ0n) is 13.9. The molecule has 0 bridgehead atoms. The highest BCUT2D eigenvalue weighted by atomic mass is 35.5. The molecule has 1 aliphatic carbocycles. The molecule has 5 nitrogen and oxygen atoms in total. The van der Waals surface area contributed by atoms with E-state index in [1.54, 1.807) is 0 Å². The summed E-state index contributed by atoms with van der Waals surface area (Å²) in [5.41, 5.74) is 2.20. The zero-order chi connectivity index (χ0) is 16.1. The van der Waals surface area contributed by atoms with E-state index in [0.29, 0.717) is 26.1 Å². The zero-order valence-corrected chi connectivity index (χ0v) is 14.7. The number of nitrogens with zero attached hydrogens (tertiary/aromatic N) is 1. The van der Waals surface area contributed by atoms with Crippen molar-refractivity contribution in [2.24, 2.45) is 5.92 Å². The van der Waals surface area contributed by atoms with E-state index in [2.05, 4.69) is 16.7 Å². The van der Waals surface area contributed by atoms with Gasteiger partial charge in [-0.3, -0.25) is 9.59 Å². The van der Waals surface area contributed by atoms with Crippen LogP contribution in [-0.2, 0) is 22.7 Å². The lowest BCUT2D eigenvalue weighted by Gasteiger charge is -2.16. The number of carbonyl (C=O) groups excluding carboxylic acids is 2. The molecule has 2 N–H and O–H groups in total. The molecule has 132 valence electrons. The van der Waals surface area contributed by atoms with E-state index >= 15 is 0 Å². The van der Waals surface area contributed by atoms with Crippen LogP contribution in [0.5, 0.6) is 0 Å². The third kappa shape index (κ3) is 5.80. The summed E-state index contributed by atoms with van der Waals surface area (Å²) in [6, 6.07) is 8.10. The molecule has 0 unspecified atom stereocenters. The summed E-state index contributed by atoms with van der Waals surface area (Å²) in [6.45, 7) is 3.40. The number of halogens is 1. The molecule has 2 fully saturated rings.